The van der Waals surface area contributed by atoms with Crippen LogP contribution in [0.2, 0.25) is 5.02 Å². The summed E-state index contributed by atoms with van der Waals surface area (Å²) < 4.78 is 16.5. The minimum absolute atomic E-state index is 0.0151. The summed E-state index contributed by atoms with van der Waals surface area (Å²) in [7, 11) is 3.20. The van der Waals surface area contributed by atoms with Crippen LogP contribution in [0.4, 0.5) is 0 Å². The lowest BCUT2D eigenvalue weighted by Gasteiger charge is -2.22. The van der Waals surface area contributed by atoms with Gasteiger partial charge in [0.25, 0.3) is 0 Å². The van der Waals surface area contributed by atoms with Crippen LogP contribution in [0.1, 0.15) is 25.0 Å². The summed E-state index contributed by atoms with van der Waals surface area (Å²) in [5.74, 6) is 1.65. The normalized spacial score (nSPS) is 22.0. The van der Waals surface area contributed by atoms with E-state index < -0.39 is 0 Å². The van der Waals surface area contributed by atoms with Gasteiger partial charge in [0.1, 0.15) is 0 Å². The molecule has 0 aromatic heterocycles. The fraction of sp³-hybridized carbons (Fsp3) is 0.600. The molecule has 0 spiro atoms. The molecule has 2 unspecified atom stereocenters. The standard InChI is InChI=1S/C15H22ClNO3/c1-4-17-9-10-7-8-20-14(10)11-5-6-12(18-2)15(19-3)13(11)16/h5-6,10,14,17H,4,7-9H2,1-3H3. The van der Waals surface area contributed by atoms with Crippen molar-refractivity contribution < 1.29 is 14.2 Å². The first-order valence-electron chi connectivity index (χ1n) is 6.95. The van der Waals surface area contributed by atoms with E-state index in [0.717, 1.165) is 31.7 Å². The zero-order chi connectivity index (χ0) is 14.5. The Labute approximate surface area is 125 Å². The number of methoxy groups -OCH3 is 2. The van der Waals surface area contributed by atoms with E-state index in [4.69, 9.17) is 25.8 Å². The fourth-order valence-corrected chi connectivity index (χ4v) is 2.98. The van der Waals surface area contributed by atoms with Crippen LogP contribution < -0.4 is 14.8 Å². The summed E-state index contributed by atoms with van der Waals surface area (Å²) in [5.41, 5.74) is 0.977. The minimum atomic E-state index is 0.0151. The first-order valence-corrected chi connectivity index (χ1v) is 7.33. The van der Waals surface area contributed by atoms with Crippen molar-refractivity contribution in [2.24, 2.45) is 5.92 Å². The van der Waals surface area contributed by atoms with Gasteiger partial charge in [-0.3, -0.25) is 0 Å². The molecule has 0 aliphatic carbocycles. The molecule has 1 aliphatic heterocycles. The largest absolute Gasteiger partial charge is 0.493 e. The van der Waals surface area contributed by atoms with Crippen molar-refractivity contribution in [3.05, 3.63) is 22.7 Å². The van der Waals surface area contributed by atoms with Crippen molar-refractivity contribution in [3.8, 4) is 11.5 Å². The number of rotatable bonds is 6. The van der Waals surface area contributed by atoms with Crippen LogP contribution >= 0.6 is 11.6 Å². The van der Waals surface area contributed by atoms with Crippen molar-refractivity contribution in [2.45, 2.75) is 19.4 Å². The van der Waals surface area contributed by atoms with E-state index in [-0.39, 0.29) is 6.10 Å². The molecule has 1 N–H and O–H groups in total. The van der Waals surface area contributed by atoms with Crippen molar-refractivity contribution in [3.63, 3.8) is 0 Å². The number of halogens is 1. The van der Waals surface area contributed by atoms with Crippen LogP contribution in [-0.2, 0) is 4.74 Å². The van der Waals surface area contributed by atoms with Gasteiger partial charge in [-0.2, -0.15) is 0 Å². The quantitative estimate of drug-likeness (QED) is 0.876. The Balaban J connectivity index is 2.27. The van der Waals surface area contributed by atoms with Crippen molar-refractivity contribution in [2.75, 3.05) is 33.9 Å². The highest BCUT2D eigenvalue weighted by Crippen LogP contribution is 2.44. The van der Waals surface area contributed by atoms with E-state index in [1.807, 2.05) is 12.1 Å². The summed E-state index contributed by atoms with van der Waals surface area (Å²) in [4.78, 5) is 0. The molecule has 1 aromatic carbocycles. The van der Waals surface area contributed by atoms with E-state index in [1.54, 1.807) is 14.2 Å². The average Bonchev–Trinajstić information content (AvgIpc) is 2.92. The number of hydrogen-bond acceptors (Lipinski definition) is 4. The van der Waals surface area contributed by atoms with Crippen LogP contribution in [0.3, 0.4) is 0 Å². The van der Waals surface area contributed by atoms with Crippen molar-refractivity contribution >= 4 is 11.6 Å². The van der Waals surface area contributed by atoms with Crippen molar-refractivity contribution in [1.29, 1.82) is 0 Å². The third-order valence-corrected chi connectivity index (χ3v) is 4.08. The van der Waals surface area contributed by atoms with Crippen LogP contribution in [0.25, 0.3) is 0 Å². The highest BCUT2D eigenvalue weighted by molar-refractivity contribution is 6.33. The molecule has 4 nitrogen and oxygen atoms in total. The Morgan fingerprint density at radius 1 is 1.35 bits per heavy atom. The fourth-order valence-electron chi connectivity index (χ4n) is 2.64. The molecule has 20 heavy (non-hydrogen) atoms. The van der Waals surface area contributed by atoms with Crippen LogP contribution in [0.5, 0.6) is 11.5 Å². The monoisotopic (exact) mass is 299 g/mol. The summed E-state index contributed by atoms with van der Waals surface area (Å²) >= 11 is 6.47. The molecule has 1 saturated heterocycles. The molecular formula is C15H22ClNO3. The van der Waals surface area contributed by atoms with Gasteiger partial charge in [0, 0.05) is 24.6 Å². The van der Waals surface area contributed by atoms with Gasteiger partial charge in [-0.1, -0.05) is 24.6 Å². The molecule has 1 fully saturated rings. The molecule has 1 heterocycles. The second kappa shape index (κ2) is 7.16. The molecule has 1 aromatic rings. The van der Waals surface area contributed by atoms with E-state index in [0.29, 0.717) is 22.4 Å². The van der Waals surface area contributed by atoms with Gasteiger partial charge in [0.2, 0.25) is 0 Å². The Kier molecular flexibility index (Phi) is 5.52. The maximum absolute atomic E-state index is 6.47. The van der Waals surface area contributed by atoms with E-state index in [1.165, 1.54) is 0 Å². The van der Waals surface area contributed by atoms with Gasteiger partial charge in [0.05, 0.1) is 25.3 Å². The maximum atomic E-state index is 6.47. The second-order valence-corrected chi connectivity index (χ2v) is 5.23. The van der Waals surface area contributed by atoms with E-state index >= 15 is 0 Å². The van der Waals surface area contributed by atoms with E-state index in [2.05, 4.69) is 12.2 Å². The average molecular weight is 300 g/mol. The molecule has 1 aliphatic rings. The first-order chi connectivity index (χ1) is 9.72. The zero-order valence-corrected chi connectivity index (χ0v) is 13.0. The smallest absolute Gasteiger partial charge is 0.179 e. The first kappa shape index (κ1) is 15.4. The number of benzene rings is 1. The van der Waals surface area contributed by atoms with Gasteiger partial charge < -0.3 is 19.5 Å². The van der Waals surface area contributed by atoms with Gasteiger partial charge in [-0.15, -0.1) is 0 Å². The predicted molar refractivity (Wildman–Crippen MR) is 79.9 cm³/mol. The lowest BCUT2D eigenvalue weighted by molar-refractivity contribution is 0.0905. The maximum Gasteiger partial charge on any atom is 0.179 e. The molecule has 0 radical (unpaired) electrons. The summed E-state index contributed by atoms with van der Waals surface area (Å²) in [5, 5.41) is 3.97. The number of nitrogens with one attached hydrogen (secondary N) is 1. The molecule has 0 bridgehead atoms. The molecule has 0 amide bonds. The lowest BCUT2D eigenvalue weighted by atomic mass is 9.95. The van der Waals surface area contributed by atoms with Gasteiger partial charge in [-0.05, 0) is 19.0 Å². The summed E-state index contributed by atoms with van der Waals surface area (Å²) in [6, 6.07) is 3.85. The summed E-state index contributed by atoms with van der Waals surface area (Å²) in [6.07, 6.45) is 1.06. The third-order valence-electron chi connectivity index (χ3n) is 3.69. The Hall–Kier alpha value is -0.970. The molecule has 5 heteroatoms. The predicted octanol–water partition coefficient (Wildman–Crippen LogP) is 3.04. The Morgan fingerprint density at radius 2 is 2.15 bits per heavy atom. The molecule has 2 atom stereocenters. The van der Waals surface area contributed by atoms with Gasteiger partial charge >= 0.3 is 0 Å². The SMILES string of the molecule is CCNCC1CCOC1c1ccc(OC)c(OC)c1Cl. The topological polar surface area (TPSA) is 39.7 Å². The zero-order valence-electron chi connectivity index (χ0n) is 12.2. The van der Waals surface area contributed by atoms with Crippen LogP contribution in [-0.4, -0.2) is 33.9 Å². The number of ether oxygens (including phenoxy) is 3. The van der Waals surface area contributed by atoms with Gasteiger partial charge in [0.15, 0.2) is 11.5 Å². The van der Waals surface area contributed by atoms with Crippen LogP contribution in [0.15, 0.2) is 12.1 Å². The Bertz CT molecular complexity index is 453. The molecule has 2 rings (SSSR count). The minimum Gasteiger partial charge on any atom is -0.493 e. The molecular weight excluding hydrogens is 278 g/mol. The highest BCUT2D eigenvalue weighted by Gasteiger charge is 2.32. The summed E-state index contributed by atoms with van der Waals surface area (Å²) in [6.45, 7) is 4.77. The van der Waals surface area contributed by atoms with Crippen LogP contribution in [0, 0.1) is 5.92 Å². The molecule has 0 saturated carbocycles. The van der Waals surface area contributed by atoms with Gasteiger partial charge in [-0.25, -0.2) is 0 Å². The Morgan fingerprint density at radius 3 is 2.80 bits per heavy atom. The second-order valence-electron chi connectivity index (χ2n) is 4.85. The highest BCUT2D eigenvalue weighted by atomic mass is 35.5. The van der Waals surface area contributed by atoms with E-state index in [9.17, 15) is 0 Å². The molecule has 112 valence electrons. The van der Waals surface area contributed by atoms with Crippen molar-refractivity contribution in [1.82, 2.24) is 5.32 Å². The number of hydrogen-bond donors (Lipinski definition) is 1. The lowest BCUT2D eigenvalue weighted by Crippen LogP contribution is -2.24. The third kappa shape index (κ3) is 3.03.